The third-order valence-corrected chi connectivity index (χ3v) is 6.41. The number of aromatic nitrogens is 4. The second-order valence-electron chi connectivity index (χ2n) is 8.50. The zero-order chi connectivity index (χ0) is 25.0. The van der Waals surface area contributed by atoms with Crippen LogP contribution in [0.5, 0.6) is 0 Å². The second kappa shape index (κ2) is 8.02. The first-order valence-corrected chi connectivity index (χ1v) is 11.3. The van der Waals surface area contributed by atoms with Crippen molar-refractivity contribution in [1.29, 1.82) is 0 Å². The molecule has 36 heavy (non-hydrogen) atoms. The molecule has 5 aromatic rings. The molecule has 2 amide bonds. The Morgan fingerprint density at radius 1 is 0.917 bits per heavy atom. The largest absolute Gasteiger partial charge is 0.480 e. The van der Waals surface area contributed by atoms with E-state index in [1.807, 2.05) is 47.2 Å². The molecule has 6 rings (SSSR count). The van der Waals surface area contributed by atoms with Crippen molar-refractivity contribution in [2.24, 2.45) is 0 Å². The lowest BCUT2D eigenvalue weighted by molar-refractivity contribution is -0.140. The van der Waals surface area contributed by atoms with Gasteiger partial charge in [0.25, 0.3) is 11.8 Å². The average Bonchev–Trinajstić information content (AvgIpc) is 3.54. The number of rotatable bonds is 5. The fourth-order valence-corrected chi connectivity index (χ4v) is 4.70. The number of aliphatic carboxylic acids is 1. The van der Waals surface area contributed by atoms with Gasteiger partial charge in [0.1, 0.15) is 11.7 Å². The Morgan fingerprint density at radius 3 is 2.33 bits per heavy atom. The summed E-state index contributed by atoms with van der Waals surface area (Å²) in [7, 11) is 0. The number of hydrogen-bond acceptors (Lipinski definition) is 5. The number of imide groups is 1. The maximum atomic E-state index is 13.2. The Kier molecular flexibility index (Phi) is 4.78. The predicted molar refractivity (Wildman–Crippen MR) is 133 cm³/mol. The minimum atomic E-state index is -1.06. The topological polar surface area (TPSA) is 119 Å². The summed E-state index contributed by atoms with van der Waals surface area (Å²) in [5, 5.41) is 17.9. The van der Waals surface area contributed by atoms with E-state index in [0.29, 0.717) is 16.5 Å². The third-order valence-electron chi connectivity index (χ3n) is 6.41. The molecule has 0 aliphatic carbocycles. The maximum absolute atomic E-state index is 13.2. The molecule has 1 unspecified atom stereocenters. The molecule has 1 atom stereocenters. The summed E-state index contributed by atoms with van der Waals surface area (Å²) in [6.45, 7) is 1.52. The van der Waals surface area contributed by atoms with Gasteiger partial charge in [-0.15, -0.1) is 0 Å². The molecule has 0 fully saturated rings. The first-order valence-electron chi connectivity index (χ1n) is 11.3. The number of carbonyl (C=O) groups is 3. The molecule has 4 heterocycles. The molecule has 2 N–H and O–H groups in total. The standard InChI is InChI=1S/C27H19N5O4/c1-15(27(35)36)32-21-11-5-3-9-18(21)24(30-32)23-22(25(33)29-26(23)34)19-14-31(16-7-6-12-28-13-16)20-10-4-2-8-17(19)20/h2-15H,1H3,(H,35,36)(H,29,33,34). The first-order chi connectivity index (χ1) is 17.5. The van der Waals surface area contributed by atoms with E-state index in [9.17, 15) is 19.5 Å². The van der Waals surface area contributed by atoms with E-state index >= 15 is 0 Å². The SMILES string of the molecule is CC(C(=O)O)n1nc(C2=C(c3cn(-c4cccnc4)c4ccccc34)C(=O)NC2=O)c2ccccc21. The van der Waals surface area contributed by atoms with Gasteiger partial charge in [0.05, 0.1) is 34.1 Å². The second-order valence-corrected chi connectivity index (χ2v) is 8.50. The van der Waals surface area contributed by atoms with Crippen LogP contribution in [-0.4, -0.2) is 42.2 Å². The van der Waals surface area contributed by atoms with Gasteiger partial charge in [-0.1, -0.05) is 36.4 Å². The molecular weight excluding hydrogens is 458 g/mol. The van der Waals surface area contributed by atoms with Gasteiger partial charge in [-0.2, -0.15) is 5.10 Å². The highest BCUT2D eigenvalue weighted by Gasteiger charge is 2.37. The van der Waals surface area contributed by atoms with Gasteiger partial charge in [-0.3, -0.25) is 24.6 Å². The summed E-state index contributed by atoms with van der Waals surface area (Å²) in [6.07, 6.45) is 5.21. The normalized spacial score (nSPS) is 14.6. The van der Waals surface area contributed by atoms with E-state index < -0.39 is 23.8 Å². The number of benzene rings is 2. The lowest BCUT2D eigenvalue weighted by Crippen LogP contribution is -2.23. The van der Waals surface area contributed by atoms with Crippen LogP contribution in [0.2, 0.25) is 0 Å². The molecule has 0 saturated heterocycles. The lowest BCUT2D eigenvalue weighted by Gasteiger charge is -2.07. The molecule has 0 radical (unpaired) electrons. The summed E-state index contributed by atoms with van der Waals surface area (Å²) in [5.74, 6) is -2.17. The van der Waals surface area contributed by atoms with Crippen LogP contribution in [0.15, 0.2) is 79.3 Å². The van der Waals surface area contributed by atoms with Crippen LogP contribution in [0.3, 0.4) is 0 Å². The number of pyridine rings is 1. The molecule has 0 spiro atoms. The first kappa shape index (κ1) is 21.5. The van der Waals surface area contributed by atoms with Crippen molar-refractivity contribution in [2.45, 2.75) is 13.0 Å². The molecule has 176 valence electrons. The van der Waals surface area contributed by atoms with Crippen LogP contribution in [0, 0.1) is 0 Å². The van der Waals surface area contributed by atoms with Gasteiger partial charge >= 0.3 is 5.97 Å². The van der Waals surface area contributed by atoms with Crippen LogP contribution in [0.4, 0.5) is 0 Å². The van der Waals surface area contributed by atoms with Crippen molar-refractivity contribution < 1.29 is 19.5 Å². The number of carbonyl (C=O) groups excluding carboxylic acids is 2. The van der Waals surface area contributed by atoms with Crippen LogP contribution in [0.1, 0.15) is 24.2 Å². The summed E-state index contributed by atoms with van der Waals surface area (Å²) >= 11 is 0. The van der Waals surface area contributed by atoms with Crippen molar-refractivity contribution >= 4 is 50.7 Å². The minimum Gasteiger partial charge on any atom is -0.480 e. The minimum absolute atomic E-state index is 0.113. The van der Waals surface area contributed by atoms with E-state index in [1.165, 1.54) is 11.6 Å². The van der Waals surface area contributed by atoms with E-state index in [1.54, 1.807) is 36.7 Å². The Labute approximate surface area is 204 Å². The lowest BCUT2D eigenvalue weighted by atomic mass is 9.97. The molecule has 0 bridgehead atoms. The fourth-order valence-electron chi connectivity index (χ4n) is 4.70. The van der Waals surface area contributed by atoms with Crippen molar-refractivity contribution in [3.05, 3.63) is 90.5 Å². The summed E-state index contributed by atoms with van der Waals surface area (Å²) in [6, 6.07) is 17.4. The van der Waals surface area contributed by atoms with E-state index in [2.05, 4.69) is 15.4 Å². The summed E-state index contributed by atoms with van der Waals surface area (Å²) in [5.41, 5.74) is 3.33. The Balaban J connectivity index is 1.67. The molecule has 0 saturated carbocycles. The summed E-state index contributed by atoms with van der Waals surface area (Å²) < 4.78 is 3.29. The van der Waals surface area contributed by atoms with Crippen LogP contribution in [0.25, 0.3) is 38.6 Å². The molecule has 3 aromatic heterocycles. The van der Waals surface area contributed by atoms with Crippen molar-refractivity contribution in [2.75, 3.05) is 0 Å². The van der Waals surface area contributed by atoms with E-state index in [4.69, 9.17) is 0 Å². The Hall–Kier alpha value is -5.05. The van der Waals surface area contributed by atoms with Gasteiger partial charge in [0.15, 0.2) is 0 Å². The smallest absolute Gasteiger partial charge is 0.328 e. The van der Waals surface area contributed by atoms with Crippen LogP contribution >= 0.6 is 0 Å². The molecule has 9 heteroatoms. The van der Waals surface area contributed by atoms with Gasteiger partial charge in [-0.25, -0.2) is 4.79 Å². The number of hydrogen-bond donors (Lipinski definition) is 2. The average molecular weight is 477 g/mol. The van der Waals surface area contributed by atoms with Gasteiger partial charge < -0.3 is 9.67 Å². The number of nitrogens with zero attached hydrogens (tertiary/aromatic N) is 4. The van der Waals surface area contributed by atoms with Crippen molar-refractivity contribution in [3.63, 3.8) is 0 Å². The number of para-hydroxylation sites is 2. The monoisotopic (exact) mass is 477 g/mol. The van der Waals surface area contributed by atoms with Gasteiger partial charge in [0, 0.05) is 28.7 Å². The molecule has 9 nitrogen and oxygen atoms in total. The highest BCUT2D eigenvalue weighted by Crippen LogP contribution is 2.39. The fraction of sp³-hybridized carbons (Fsp3) is 0.0741. The molecule has 2 aromatic carbocycles. The predicted octanol–water partition coefficient (Wildman–Crippen LogP) is 3.59. The maximum Gasteiger partial charge on any atom is 0.328 e. The highest BCUT2D eigenvalue weighted by atomic mass is 16.4. The third kappa shape index (κ3) is 3.13. The quantitative estimate of drug-likeness (QED) is 0.374. The number of carboxylic acid groups (broad SMARTS) is 1. The van der Waals surface area contributed by atoms with Gasteiger partial charge in [0.2, 0.25) is 0 Å². The highest BCUT2D eigenvalue weighted by molar-refractivity contribution is 6.50. The number of amides is 2. The molecular formula is C27H19N5O4. The summed E-state index contributed by atoms with van der Waals surface area (Å²) in [4.78, 5) is 42.3. The Bertz CT molecular complexity index is 1750. The van der Waals surface area contributed by atoms with E-state index in [-0.39, 0.29) is 16.8 Å². The van der Waals surface area contributed by atoms with E-state index in [0.717, 1.165) is 16.6 Å². The molecule has 1 aliphatic heterocycles. The number of fused-ring (bicyclic) bond motifs is 2. The zero-order valence-electron chi connectivity index (χ0n) is 19.0. The Morgan fingerprint density at radius 2 is 1.61 bits per heavy atom. The van der Waals surface area contributed by atoms with Crippen LogP contribution in [-0.2, 0) is 14.4 Å². The van der Waals surface area contributed by atoms with Crippen molar-refractivity contribution in [1.82, 2.24) is 24.6 Å². The van der Waals surface area contributed by atoms with Crippen molar-refractivity contribution in [3.8, 4) is 5.69 Å². The molecule has 1 aliphatic rings. The van der Waals surface area contributed by atoms with Crippen LogP contribution < -0.4 is 5.32 Å². The number of carboxylic acids is 1. The number of nitrogens with one attached hydrogen (secondary N) is 1. The van der Waals surface area contributed by atoms with Gasteiger partial charge in [-0.05, 0) is 31.2 Å². The zero-order valence-corrected chi connectivity index (χ0v) is 19.0.